The van der Waals surface area contributed by atoms with Crippen molar-refractivity contribution in [2.45, 2.75) is 18.5 Å². The van der Waals surface area contributed by atoms with Gasteiger partial charge in [-0.15, -0.1) is 10.2 Å². The number of anilines is 2. The van der Waals surface area contributed by atoms with Gasteiger partial charge in [0.2, 0.25) is 11.8 Å². The summed E-state index contributed by atoms with van der Waals surface area (Å²) in [6, 6.07) is 9.99. The highest BCUT2D eigenvalue weighted by atomic mass is 32.2. The maximum absolute atomic E-state index is 13.6. The molecule has 0 aliphatic rings. The van der Waals surface area contributed by atoms with E-state index in [9.17, 15) is 18.4 Å². The minimum absolute atomic E-state index is 0.0597. The van der Waals surface area contributed by atoms with E-state index in [1.165, 1.54) is 36.4 Å². The topological polar surface area (TPSA) is 88.9 Å². The molecule has 0 bridgehead atoms. The fourth-order valence-corrected chi connectivity index (χ4v) is 3.34. The lowest BCUT2D eigenvalue weighted by molar-refractivity contribution is -0.116. The standard InChI is InChI=1S/C20H19F2N5O2S/c1-12-9-13(21)7-8-15(12)23-19(29)11-30-20-26-25-17(27(20)2)10-18(28)24-16-6-4-3-5-14(16)22/h3-9H,10-11H2,1-2H3,(H,23,29)(H,24,28). The van der Waals surface area contributed by atoms with Gasteiger partial charge in [0.15, 0.2) is 5.16 Å². The molecule has 156 valence electrons. The number of nitrogens with zero attached hydrogens (tertiary/aromatic N) is 3. The van der Waals surface area contributed by atoms with Crippen molar-refractivity contribution in [2.75, 3.05) is 16.4 Å². The molecule has 2 amide bonds. The van der Waals surface area contributed by atoms with Gasteiger partial charge in [-0.25, -0.2) is 8.78 Å². The van der Waals surface area contributed by atoms with Gasteiger partial charge in [0.25, 0.3) is 0 Å². The van der Waals surface area contributed by atoms with Crippen LogP contribution in [0.5, 0.6) is 0 Å². The molecule has 0 aliphatic carbocycles. The Balaban J connectivity index is 1.55. The zero-order valence-corrected chi connectivity index (χ0v) is 17.1. The third-order valence-electron chi connectivity index (χ3n) is 4.19. The molecule has 0 saturated carbocycles. The molecule has 0 aliphatic heterocycles. The van der Waals surface area contributed by atoms with E-state index in [1.54, 1.807) is 24.6 Å². The van der Waals surface area contributed by atoms with E-state index in [0.717, 1.165) is 11.8 Å². The maximum Gasteiger partial charge on any atom is 0.234 e. The molecule has 3 rings (SSSR count). The van der Waals surface area contributed by atoms with Gasteiger partial charge in [0.1, 0.15) is 17.5 Å². The summed E-state index contributed by atoms with van der Waals surface area (Å²) < 4.78 is 28.4. The number of aromatic nitrogens is 3. The summed E-state index contributed by atoms with van der Waals surface area (Å²) in [5.41, 5.74) is 1.24. The Kier molecular flexibility index (Phi) is 6.78. The fourth-order valence-electron chi connectivity index (χ4n) is 2.61. The normalized spacial score (nSPS) is 10.7. The number of rotatable bonds is 7. The first-order chi connectivity index (χ1) is 14.3. The molecule has 2 aromatic carbocycles. The highest BCUT2D eigenvalue weighted by Crippen LogP contribution is 2.19. The van der Waals surface area contributed by atoms with Crippen molar-refractivity contribution in [1.29, 1.82) is 0 Å². The number of carbonyl (C=O) groups is 2. The van der Waals surface area contributed by atoms with E-state index in [2.05, 4.69) is 20.8 Å². The second kappa shape index (κ2) is 9.49. The van der Waals surface area contributed by atoms with Crippen LogP contribution in [0.15, 0.2) is 47.6 Å². The van der Waals surface area contributed by atoms with Crippen LogP contribution in [-0.2, 0) is 23.1 Å². The van der Waals surface area contributed by atoms with Crippen molar-refractivity contribution in [1.82, 2.24) is 14.8 Å². The molecule has 1 heterocycles. The average molecular weight is 431 g/mol. The zero-order valence-electron chi connectivity index (χ0n) is 16.3. The SMILES string of the molecule is Cc1cc(F)ccc1NC(=O)CSc1nnc(CC(=O)Nc2ccccc2F)n1C. The van der Waals surface area contributed by atoms with E-state index in [4.69, 9.17) is 0 Å². The van der Waals surface area contributed by atoms with Crippen LogP contribution in [0.4, 0.5) is 20.2 Å². The van der Waals surface area contributed by atoms with Crippen LogP contribution in [0.3, 0.4) is 0 Å². The first kappa shape index (κ1) is 21.4. The number of hydrogen-bond acceptors (Lipinski definition) is 5. The number of nitrogens with one attached hydrogen (secondary N) is 2. The molecule has 0 fully saturated rings. The van der Waals surface area contributed by atoms with Gasteiger partial charge in [0, 0.05) is 12.7 Å². The summed E-state index contributed by atoms with van der Waals surface area (Å²) >= 11 is 1.15. The van der Waals surface area contributed by atoms with Crippen LogP contribution >= 0.6 is 11.8 Å². The molecule has 0 unspecified atom stereocenters. The van der Waals surface area contributed by atoms with Gasteiger partial charge in [-0.2, -0.15) is 0 Å². The number of halogens is 2. The lowest BCUT2D eigenvalue weighted by Gasteiger charge is -2.08. The Morgan fingerprint density at radius 2 is 1.77 bits per heavy atom. The fraction of sp³-hybridized carbons (Fsp3) is 0.200. The minimum atomic E-state index is -0.525. The van der Waals surface area contributed by atoms with Crippen LogP contribution in [0.25, 0.3) is 0 Å². The van der Waals surface area contributed by atoms with Gasteiger partial charge in [-0.3, -0.25) is 9.59 Å². The predicted octanol–water partition coefficient (Wildman–Crippen LogP) is 3.31. The van der Waals surface area contributed by atoms with Crippen molar-refractivity contribution < 1.29 is 18.4 Å². The monoisotopic (exact) mass is 431 g/mol. The summed E-state index contributed by atoms with van der Waals surface area (Å²) in [6.45, 7) is 1.70. The highest BCUT2D eigenvalue weighted by molar-refractivity contribution is 7.99. The molecule has 0 radical (unpaired) electrons. The van der Waals surface area contributed by atoms with Gasteiger partial charge in [-0.05, 0) is 42.8 Å². The van der Waals surface area contributed by atoms with Crippen molar-refractivity contribution in [2.24, 2.45) is 7.05 Å². The molecule has 0 spiro atoms. The van der Waals surface area contributed by atoms with E-state index in [0.29, 0.717) is 22.2 Å². The van der Waals surface area contributed by atoms with Gasteiger partial charge >= 0.3 is 0 Å². The van der Waals surface area contributed by atoms with Crippen LogP contribution in [-0.4, -0.2) is 32.3 Å². The van der Waals surface area contributed by atoms with E-state index < -0.39 is 11.7 Å². The second-order valence-electron chi connectivity index (χ2n) is 6.46. The first-order valence-corrected chi connectivity index (χ1v) is 9.93. The highest BCUT2D eigenvalue weighted by Gasteiger charge is 2.15. The Morgan fingerprint density at radius 3 is 2.50 bits per heavy atom. The number of aryl methyl sites for hydroxylation is 1. The number of carbonyl (C=O) groups excluding carboxylic acids is 2. The third-order valence-corrected chi connectivity index (χ3v) is 5.21. The van der Waals surface area contributed by atoms with Crippen molar-refractivity contribution in [3.8, 4) is 0 Å². The second-order valence-corrected chi connectivity index (χ2v) is 7.40. The van der Waals surface area contributed by atoms with E-state index >= 15 is 0 Å². The largest absolute Gasteiger partial charge is 0.325 e. The van der Waals surface area contributed by atoms with Crippen LogP contribution in [0, 0.1) is 18.6 Å². The van der Waals surface area contributed by atoms with Crippen LogP contribution in [0.2, 0.25) is 0 Å². The molecule has 0 atom stereocenters. The molecule has 7 nitrogen and oxygen atoms in total. The van der Waals surface area contributed by atoms with Gasteiger partial charge < -0.3 is 15.2 Å². The number of thioether (sulfide) groups is 1. The smallest absolute Gasteiger partial charge is 0.234 e. The summed E-state index contributed by atoms with van der Waals surface area (Å²) in [5, 5.41) is 13.6. The van der Waals surface area contributed by atoms with Gasteiger partial charge in [-0.1, -0.05) is 23.9 Å². The Labute approximate surface area is 175 Å². The quantitative estimate of drug-likeness (QED) is 0.561. The Bertz CT molecular complexity index is 1090. The third kappa shape index (κ3) is 5.41. The Hall–Kier alpha value is -3.27. The molecule has 3 aromatic rings. The van der Waals surface area contributed by atoms with E-state index in [-0.39, 0.29) is 29.6 Å². The molecule has 10 heteroatoms. The lowest BCUT2D eigenvalue weighted by Crippen LogP contribution is -2.18. The summed E-state index contributed by atoms with van der Waals surface area (Å²) in [5.74, 6) is -1.17. The number of benzene rings is 2. The van der Waals surface area contributed by atoms with Crippen molar-refractivity contribution in [3.63, 3.8) is 0 Å². The lowest BCUT2D eigenvalue weighted by atomic mass is 10.2. The van der Waals surface area contributed by atoms with Crippen molar-refractivity contribution >= 4 is 35.0 Å². The van der Waals surface area contributed by atoms with Crippen LogP contribution < -0.4 is 10.6 Å². The number of amides is 2. The molecular weight excluding hydrogens is 412 g/mol. The number of para-hydroxylation sites is 1. The summed E-state index contributed by atoms with van der Waals surface area (Å²) in [4.78, 5) is 24.3. The Morgan fingerprint density at radius 1 is 1.03 bits per heavy atom. The zero-order chi connectivity index (χ0) is 21.7. The molecule has 0 saturated heterocycles. The van der Waals surface area contributed by atoms with E-state index in [1.807, 2.05) is 0 Å². The summed E-state index contributed by atoms with van der Waals surface area (Å²) in [6.07, 6.45) is -0.0979. The average Bonchev–Trinajstić information content (AvgIpc) is 3.04. The number of hydrogen-bond donors (Lipinski definition) is 2. The molecule has 1 aromatic heterocycles. The molecular formula is C20H19F2N5O2S. The van der Waals surface area contributed by atoms with Crippen LogP contribution in [0.1, 0.15) is 11.4 Å². The molecule has 30 heavy (non-hydrogen) atoms. The maximum atomic E-state index is 13.6. The minimum Gasteiger partial charge on any atom is -0.325 e. The summed E-state index contributed by atoms with van der Waals surface area (Å²) in [7, 11) is 1.68. The predicted molar refractivity (Wildman–Crippen MR) is 110 cm³/mol. The van der Waals surface area contributed by atoms with Gasteiger partial charge in [0.05, 0.1) is 17.9 Å². The molecule has 2 N–H and O–H groups in total. The first-order valence-electron chi connectivity index (χ1n) is 8.95. The van der Waals surface area contributed by atoms with Crippen molar-refractivity contribution in [3.05, 3.63) is 65.5 Å².